The second-order valence-electron chi connectivity index (χ2n) is 3.31. The van der Waals surface area contributed by atoms with Gasteiger partial charge in [-0.15, -0.1) is 0 Å². The van der Waals surface area contributed by atoms with Crippen LogP contribution in [0.3, 0.4) is 0 Å². The van der Waals surface area contributed by atoms with E-state index in [1.54, 1.807) is 0 Å². The Labute approximate surface area is 82.8 Å². The Hall–Kier alpha value is -0.400. The van der Waals surface area contributed by atoms with E-state index in [0.29, 0.717) is 5.41 Å². The van der Waals surface area contributed by atoms with Gasteiger partial charge in [0.1, 0.15) is 0 Å². The molecule has 0 N–H and O–H groups in total. The summed E-state index contributed by atoms with van der Waals surface area (Å²) in [4.78, 5) is 0. The maximum Gasteiger partial charge on any atom is 0.0673 e. The molecule has 1 aliphatic heterocycles. The minimum atomic E-state index is 0.556. The smallest absolute Gasteiger partial charge is 0.0673 e. The summed E-state index contributed by atoms with van der Waals surface area (Å²) in [6.45, 7) is 10.0. The molecule has 0 radical (unpaired) electrons. The zero-order valence-corrected chi connectivity index (χ0v) is 9.64. The van der Waals surface area contributed by atoms with E-state index in [0.717, 1.165) is 13.1 Å². The summed E-state index contributed by atoms with van der Waals surface area (Å²) in [5.74, 6) is 0. The SMILES string of the molecule is C1CCC2(C1)CN=NC2.CC.CC. The first-order chi connectivity index (χ1) is 6.41. The van der Waals surface area contributed by atoms with Gasteiger partial charge in [-0.2, -0.15) is 10.2 Å². The van der Waals surface area contributed by atoms with Gasteiger partial charge < -0.3 is 0 Å². The van der Waals surface area contributed by atoms with Gasteiger partial charge >= 0.3 is 0 Å². The van der Waals surface area contributed by atoms with Gasteiger partial charge in [0, 0.05) is 5.41 Å². The van der Waals surface area contributed by atoms with Crippen LogP contribution in [0.1, 0.15) is 53.4 Å². The molecule has 2 heteroatoms. The molecule has 1 fully saturated rings. The summed E-state index contributed by atoms with van der Waals surface area (Å²) < 4.78 is 0. The Morgan fingerprint density at radius 3 is 1.54 bits per heavy atom. The van der Waals surface area contributed by atoms with E-state index in [1.807, 2.05) is 27.7 Å². The first-order valence-electron chi connectivity index (χ1n) is 5.75. The molecule has 2 aliphatic rings. The molecule has 0 unspecified atom stereocenters. The second-order valence-corrected chi connectivity index (χ2v) is 3.31. The Bertz CT molecular complexity index is 125. The topological polar surface area (TPSA) is 24.7 Å². The standard InChI is InChI=1S/C7H12N2.2C2H6/c1-2-4-7(3-1)5-8-9-6-7;2*1-2/h1-6H2;2*1-2H3. The van der Waals surface area contributed by atoms with Crippen LogP contribution in [0.4, 0.5) is 0 Å². The van der Waals surface area contributed by atoms with Gasteiger partial charge in [-0.1, -0.05) is 40.5 Å². The first kappa shape index (κ1) is 12.6. The summed E-state index contributed by atoms with van der Waals surface area (Å²) in [6.07, 6.45) is 5.57. The highest BCUT2D eigenvalue weighted by Crippen LogP contribution is 2.40. The third kappa shape index (κ3) is 3.45. The molecule has 0 atom stereocenters. The van der Waals surface area contributed by atoms with E-state index in [4.69, 9.17) is 0 Å². The lowest BCUT2D eigenvalue weighted by Crippen LogP contribution is -2.19. The summed E-state index contributed by atoms with van der Waals surface area (Å²) in [7, 11) is 0. The highest BCUT2D eigenvalue weighted by atomic mass is 15.2. The van der Waals surface area contributed by atoms with Crippen LogP contribution >= 0.6 is 0 Å². The summed E-state index contributed by atoms with van der Waals surface area (Å²) in [5.41, 5.74) is 0.556. The summed E-state index contributed by atoms with van der Waals surface area (Å²) in [5, 5.41) is 8.09. The van der Waals surface area contributed by atoms with Crippen LogP contribution in [0, 0.1) is 5.41 Å². The molecule has 78 valence electrons. The predicted molar refractivity (Wildman–Crippen MR) is 58.2 cm³/mol. The van der Waals surface area contributed by atoms with Crippen molar-refractivity contribution >= 4 is 0 Å². The maximum atomic E-state index is 4.04. The molecule has 2 nitrogen and oxygen atoms in total. The van der Waals surface area contributed by atoms with Crippen LogP contribution in [0.5, 0.6) is 0 Å². The van der Waals surface area contributed by atoms with Gasteiger partial charge in [-0.3, -0.25) is 0 Å². The Morgan fingerprint density at radius 2 is 1.15 bits per heavy atom. The lowest BCUT2D eigenvalue weighted by atomic mass is 9.88. The monoisotopic (exact) mass is 184 g/mol. The molecular formula is C11H24N2. The zero-order chi connectivity index (χ0) is 10.2. The Kier molecular flexibility index (Phi) is 6.83. The molecule has 0 aromatic carbocycles. The number of nitrogens with zero attached hydrogens (tertiary/aromatic N) is 2. The van der Waals surface area contributed by atoms with E-state index in [1.165, 1.54) is 25.7 Å². The Morgan fingerprint density at radius 1 is 0.769 bits per heavy atom. The van der Waals surface area contributed by atoms with Gasteiger partial charge in [0.2, 0.25) is 0 Å². The summed E-state index contributed by atoms with van der Waals surface area (Å²) >= 11 is 0. The lowest BCUT2D eigenvalue weighted by molar-refractivity contribution is 0.358. The number of hydrogen-bond donors (Lipinski definition) is 0. The number of hydrogen-bond acceptors (Lipinski definition) is 2. The van der Waals surface area contributed by atoms with Gasteiger partial charge in [0.25, 0.3) is 0 Å². The van der Waals surface area contributed by atoms with Crippen LogP contribution in [0.25, 0.3) is 0 Å². The zero-order valence-electron chi connectivity index (χ0n) is 9.64. The summed E-state index contributed by atoms with van der Waals surface area (Å²) in [6, 6.07) is 0. The highest BCUT2D eigenvalue weighted by Gasteiger charge is 2.36. The van der Waals surface area contributed by atoms with Crippen molar-refractivity contribution in [1.29, 1.82) is 0 Å². The first-order valence-corrected chi connectivity index (χ1v) is 5.75. The van der Waals surface area contributed by atoms with Crippen LogP contribution < -0.4 is 0 Å². The predicted octanol–water partition coefficient (Wildman–Crippen LogP) is 4.07. The van der Waals surface area contributed by atoms with E-state index in [9.17, 15) is 0 Å². The fourth-order valence-corrected chi connectivity index (χ4v) is 1.89. The normalized spacial score (nSPS) is 21.8. The fraction of sp³-hybridized carbons (Fsp3) is 1.00. The molecule has 0 saturated heterocycles. The molecule has 1 spiro atoms. The van der Waals surface area contributed by atoms with Crippen molar-refractivity contribution in [2.45, 2.75) is 53.4 Å². The van der Waals surface area contributed by atoms with E-state index < -0.39 is 0 Å². The quantitative estimate of drug-likeness (QED) is 0.542. The molecule has 1 aliphatic carbocycles. The molecule has 1 saturated carbocycles. The lowest BCUT2D eigenvalue weighted by Gasteiger charge is -2.17. The number of rotatable bonds is 0. The van der Waals surface area contributed by atoms with E-state index in [-0.39, 0.29) is 0 Å². The minimum Gasteiger partial charge on any atom is -0.194 e. The molecule has 0 amide bonds. The third-order valence-electron chi connectivity index (χ3n) is 2.58. The maximum absolute atomic E-state index is 4.04. The van der Waals surface area contributed by atoms with E-state index >= 15 is 0 Å². The minimum absolute atomic E-state index is 0.556. The number of azo groups is 1. The molecule has 0 bridgehead atoms. The molecule has 13 heavy (non-hydrogen) atoms. The van der Waals surface area contributed by atoms with Gasteiger partial charge in [-0.05, 0) is 12.8 Å². The van der Waals surface area contributed by atoms with Gasteiger partial charge in [-0.25, -0.2) is 0 Å². The van der Waals surface area contributed by atoms with Crippen LogP contribution in [-0.4, -0.2) is 13.1 Å². The molecule has 0 aromatic heterocycles. The van der Waals surface area contributed by atoms with Crippen molar-refractivity contribution < 1.29 is 0 Å². The van der Waals surface area contributed by atoms with Gasteiger partial charge in [0.05, 0.1) is 13.1 Å². The average molecular weight is 184 g/mol. The van der Waals surface area contributed by atoms with Crippen molar-refractivity contribution in [1.82, 2.24) is 0 Å². The molecule has 1 heterocycles. The molecule has 0 aromatic rings. The van der Waals surface area contributed by atoms with Crippen molar-refractivity contribution in [3.63, 3.8) is 0 Å². The molecule has 2 rings (SSSR count). The van der Waals surface area contributed by atoms with Crippen molar-refractivity contribution in [3.05, 3.63) is 0 Å². The fourth-order valence-electron chi connectivity index (χ4n) is 1.89. The van der Waals surface area contributed by atoms with Crippen LogP contribution in [0.2, 0.25) is 0 Å². The average Bonchev–Trinajstić information content (AvgIpc) is 2.87. The van der Waals surface area contributed by atoms with E-state index in [2.05, 4.69) is 10.2 Å². The second kappa shape index (κ2) is 7.05. The van der Waals surface area contributed by atoms with Gasteiger partial charge in [0.15, 0.2) is 0 Å². The van der Waals surface area contributed by atoms with Crippen molar-refractivity contribution in [2.24, 2.45) is 15.6 Å². The van der Waals surface area contributed by atoms with Crippen molar-refractivity contribution in [3.8, 4) is 0 Å². The van der Waals surface area contributed by atoms with Crippen LogP contribution in [0.15, 0.2) is 10.2 Å². The Balaban J connectivity index is 0.000000322. The highest BCUT2D eigenvalue weighted by molar-refractivity contribution is 4.90. The third-order valence-corrected chi connectivity index (χ3v) is 2.58. The largest absolute Gasteiger partial charge is 0.194 e. The van der Waals surface area contributed by atoms with Crippen molar-refractivity contribution in [2.75, 3.05) is 13.1 Å². The molecular weight excluding hydrogens is 160 g/mol. The van der Waals surface area contributed by atoms with Crippen LogP contribution in [-0.2, 0) is 0 Å².